The van der Waals surface area contributed by atoms with Crippen molar-refractivity contribution in [3.05, 3.63) is 102 Å². The summed E-state index contributed by atoms with van der Waals surface area (Å²) >= 11 is 0. The van der Waals surface area contributed by atoms with Crippen LogP contribution >= 0.6 is 0 Å². The second kappa shape index (κ2) is 11.7. The number of halogens is 1. The Labute approximate surface area is 202 Å². The third kappa shape index (κ3) is 6.75. The molecule has 0 aromatic heterocycles. The monoisotopic (exact) mass is 480 g/mol. The van der Waals surface area contributed by atoms with Crippen LogP contribution < -0.4 is 4.72 Å². The van der Waals surface area contributed by atoms with Gasteiger partial charge in [0.05, 0.1) is 4.90 Å². The molecule has 0 radical (unpaired) electrons. The van der Waals surface area contributed by atoms with Crippen molar-refractivity contribution < 1.29 is 12.8 Å². The predicted molar refractivity (Wildman–Crippen MR) is 135 cm³/mol. The van der Waals surface area contributed by atoms with Crippen molar-refractivity contribution in [3.8, 4) is 0 Å². The van der Waals surface area contributed by atoms with Crippen LogP contribution in [0, 0.1) is 5.82 Å². The van der Waals surface area contributed by atoms with E-state index in [9.17, 15) is 12.8 Å². The Morgan fingerprint density at radius 1 is 0.882 bits per heavy atom. The summed E-state index contributed by atoms with van der Waals surface area (Å²) in [5.41, 5.74) is 2.35. The van der Waals surface area contributed by atoms with E-state index in [0.29, 0.717) is 18.9 Å². The number of likely N-dealkylation sites (tertiary alicyclic amines) is 1. The zero-order valence-corrected chi connectivity index (χ0v) is 20.3. The molecule has 6 heteroatoms. The molecule has 1 N–H and O–H groups in total. The maximum Gasteiger partial charge on any atom is 0.240 e. The number of benzene rings is 3. The molecule has 180 valence electrons. The maximum absolute atomic E-state index is 13.9. The van der Waals surface area contributed by atoms with Crippen LogP contribution in [0.2, 0.25) is 0 Å². The minimum atomic E-state index is -3.55. The summed E-state index contributed by atoms with van der Waals surface area (Å²) in [6.45, 7) is 3.34. The van der Waals surface area contributed by atoms with Gasteiger partial charge < -0.3 is 4.90 Å². The number of nitrogens with one attached hydrogen (secondary N) is 1. The standard InChI is InChI=1S/C28H33FN2O2S/c29-27-11-7-10-26(22-27)24(14-18-30-34(32,33)28-12-5-2-6-13-28)15-19-31-20-16-25(17-21-31)23-8-3-1-4-9-23/h1-13,22,24-25,30H,14-21H2. The molecule has 34 heavy (non-hydrogen) atoms. The molecule has 1 saturated heterocycles. The molecular weight excluding hydrogens is 447 g/mol. The van der Waals surface area contributed by atoms with E-state index in [1.54, 1.807) is 42.5 Å². The number of sulfonamides is 1. The molecule has 1 aliphatic heterocycles. The molecule has 3 aromatic rings. The SMILES string of the molecule is O=S(=O)(NCCC(CCN1CCC(c2ccccc2)CC1)c1cccc(F)c1)c1ccccc1. The first-order valence-corrected chi connectivity index (χ1v) is 13.6. The molecule has 4 nitrogen and oxygen atoms in total. The highest BCUT2D eigenvalue weighted by molar-refractivity contribution is 7.89. The van der Waals surface area contributed by atoms with Gasteiger partial charge in [0.1, 0.15) is 5.82 Å². The first-order chi connectivity index (χ1) is 16.5. The third-order valence-corrected chi connectivity index (χ3v) is 8.29. The largest absolute Gasteiger partial charge is 0.303 e. The van der Waals surface area contributed by atoms with Crippen molar-refractivity contribution >= 4 is 10.0 Å². The summed E-state index contributed by atoms with van der Waals surface area (Å²) < 4.78 is 41.8. The van der Waals surface area contributed by atoms with E-state index in [1.807, 2.05) is 6.07 Å². The van der Waals surface area contributed by atoms with Crippen LogP contribution in [-0.4, -0.2) is 39.5 Å². The zero-order valence-electron chi connectivity index (χ0n) is 19.4. The first kappa shape index (κ1) is 24.6. The Bertz CT molecular complexity index is 1130. The molecule has 4 rings (SSSR count). The zero-order chi connectivity index (χ0) is 23.8. The lowest BCUT2D eigenvalue weighted by atomic mass is 9.88. The Morgan fingerprint density at radius 3 is 2.24 bits per heavy atom. The van der Waals surface area contributed by atoms with Crippen LogP contribution in [0.4, 0.5) is 4.39 Å². The van der Waals surface area contributed by atoms with Crippen LogP contribution in [0.15, 0.2) is 89.8 Å². The van der Waals surface area contributed by atoms with Crippen LogP contribution in [0.3, 0.4) is 0 Å². The molecule has 1 unspecified atom stereocenters. The first-order valence-electron chi connectivity index (χ1n) is 12.1. The number of hydrogen-bond acceptors (Lipinski definition) is 3. The van der Waals surface area contributed by atoms with Gasteiger partial charge in [-0.3, -0.25) is 0 Å². The Hall–Kier alpha value is -2.54. The topological polar surface area (TPSA) is 49.4 Å². The second-order valence-electron chi connectivity index (χ2n) is 9.07. The Kier molecular flexibility index (Phi) is 8.48. The minimum Gasteiger partial charge on any atom is -0.303 e. The quantitative estimate of drug-likeness (QED) is 0.414. The highest BCUT2D eigenvalue weighted by Gasteiger charge is 2.22. The van der Waals surface area contributed by atoms with Crippen molar-refractivity contribution in [1.29, 1.82) is 0 Å². The van der Waals surface area contributed by atoms with Gasteiger partial charge in [0.2, 0.25) is 10.0 Å². The summed E-state index contributed by atoms with van der Waals surface area (Å²) in [7, 11) is -3.55. The molecule has 1 atom stereocenters. The molecule has 0 bridgehead atoms. The average molecular weight is 481 g/mol. The molecule has 1 aliphatic rings. The molecule has 0 aliphatic carbocycles. The van der Waals surface area contributed by atoms with Crippen molar-refractivity contribution in [2.45, 2.75) is 42.4 Å². The second-order valence-corrected chi connectivity index (χ2v) is 10.8. The van der Waals surface area contributed by atoms with Gasteiger partial charge >= 0.3 is 0 Å². The lowest BCUT2D eigenvalue weighted by Gasteiger charge is -2.33. The average Bonchev–Trinajstić information content (AvgIpc) is 2.87. The fraction of sp³-hybridized carbons (Fsp3) is 0.357. The Balaban J connectivity index is 1.33. The lowest BCUT2D eigenvalue weighted by molar-refractivity contribution is 0.204. The number of hydrogen-bond donors (Lipinski definition) is 1. The van der Waals surface area contributed by atoms with Gasteiger partial charge in [-0.05, 0) is 92.5 Å². The highest BCUT2D eigenvalue weighted by atomic mass is 32.2. The summed E-state index contributed by atoms with van der Waals surface area (Å²) in [4.78, 5) is 2.75. The van der Waals surface area contributed by atoms with E-state index in [2.05, 4.69) is 40.0 Å². The molecule has 0 spiro atoms. The number of piperidine rings is 1. The molecule has 1 fully saturated rings. The van der Waals surface area contributed by atoms with Crippen LogP contribution in [0.5, 0.6) is 0 Å². The van der Waals surface area contributed by atoms with E-state index in [4.69, 9.17) is 0 Å². The summed E-state index contributed by atoms with van der Waals surface area (Å²) in [6.07, 6.45) is 3.78. The normalized spacial score (nSPS) is 16.4. The summed E-state index contributed by atoms with van der Waals surface area (Å²) in [6, 6.07) is 25.8. The molecule has 0 saturated carbocycles. The number of rotatable bonds is 10. The minimum absolute atomic E-state index is 0.0843. The van der Waals surface area contributed by atoms with Gasteiger partial charge in [0.25, 0.3) is 0 Å². The van der Waals surface area contributed by atoms with E-state index in [-0.39, 0.29) is 16.6 Å². The van der Waals surface area contributed by atoms with Crippen LogP contribution in [-0.2, 0) is 10.0 Å². The van der Waals surface area contributed by atoms with E-state index in [1.165, 1.54) is 11.6 Å². The molecule has 3 aromatic carbocycles. The molecule has 1 heterocycles. The van der Waals surface area contributed by atoms with Crippen molar-refractivity contribution in [2.24, 2.45) is 0 Å². The lowest BCUT2D eigenvalue weighted by Crippen LogP contribution is -2.34. The summed E-state index contributed by atoms with van der Waals surface area (Å²) in [5.74, 6) is 0.445. The van der Waals surface area contributed by atoms with Gasteiger partial charge in [-0.1, -0.05) is 60.7 Å². The van der Waals surface area contributed by atoms with Crippen LogP contribution in [0.25, 0.3) is 0 Å². The fourth-order valence-electron chi connectivity index (χ4n) is 4.84. The van der Waals surface area contributed by atoms with E-state index >= 15 is 0 Å². The van der Waals surface area contributed by atoms with E-state index < -0.39 is 10.0 Å². The van der Waals surface area contributed by atoms with Gasteiger partial charge in [-0.2, -0.15) is 0 Å². The van der Waals surface area contributed by atoms with Gasteiger partial charge in [0, 0.05) is 6.54 Å². The molecule has 0 amide bonds. The summed E-state index contributed by atoms with van der Waals surface area (Å²) in [5, 5.41) is 0. The third-order valence-electron chi connectivity index (χ3n) is 6.81. The van der Waals surface area contributed by atoms with Gasteiger partial charge in [-0.25, -0.2) is 17.5 Å². The number of nitrogens with zero attached hydrogens (tertiary/aromatic N) is 1. The smallest absolute Gasteiger partial charge is 0.240 e. The fourth-order valence-corrected chi connectivity index (χ4v) is 5.91. The maximum atomic E-state index is 13.9. The Morgan fingerprint density at radius 2 is 1.56 bits per heavy atom. The van der Waals surface area contributed by atoms with Crippen LogP contribution in [0.1, 0.15) is 48.6 Å². The van der Waals surface area contributed by atoms with Crippen molar-refractivity contribution in [3.63, 3.8) is 0 Å². The van der Waals surface area contributed by atoms with Crippen molar-refractivity contribution in [1.82, 2.24) is 9.62 Å². The molecular formula is C28H33FN2O2S. The highest BCUT2D eigenvalue weighted by Crippen LogP contribution is 2.29. The van der Waals surface area contributed by atoms with Gasteiger partial charge in [-0.15, -0.1) is 0 Å². The predicted octanol–water partition coefficient (Wildman–Crippen LogP) is 5.55. The van der Waals surface area contributed by atoms with Gasteiger partial charge in [0.15, 0.2) is 0 Å². The van der Waals surface area contributed by atoms with Crippen molar-refractivity contribution in [2.75, 3.05) is 26.2 Å². The van der Waals surface area contributed by atoms with E-state index in [0.717, 1.165) is 44.5 Å².